The van der Waals surface area contributed by atoms with Crippen LogP contribution in [0, 0.1) is 0 Å². The Hall–Kier alpha value is -1.39. The van der Waals surface area contributed by atoms with Crippen molar-refractivity contribution in [3.63, 3.8) is 0 Å². The summed E-state index contributed by atoms with van der Waals surface area (Å²) in [7, 11) is 0. The van der Waals surface area contributed by atoms with Gasteiger partial charge in [-0.25, -0.2) is 0 Å². The van der Waals surface area contributed by atoms with E-state index in [9.17, 15) is 9.90 Å². The van der Waals surface area contributed by atoms with Gasteiger partial charge in [-0.2, -0.15) is 0 Å². The molecule has 19 heavy (non-hydrogen) atoms. The number of carbonyl (C=O) groups is 1. The van der Waals surface area contributed by atoms with Crippen LogP contribution in [-0.4, -0.2) is 23.2 Å². The first-order valence-corrected chi connectivity index (χ1v) is 6.92. The highest BCUT2D eigenvalue weighted by molar-refractivity contribution is 6.05. The van der Waals surface area contributed by atoms with Gasteiger partial charge in [0.15, 0.2) is 5.60 Å². The van der Waals surface area contributed by atoms with Crippen molar-refractivity contribution in [1.82, 2.24) is 0 Å². The number of nitrogens with one attached hydrogen (secondary N) is 1. The van der Waals surface area contributed by atoms with Gasteiger partial charge in [0.05, 0.1) is 12.2 Å². The molecule has 4 heteroatoms. The molecule has 0 bridgehead atoms. The van der Waals surface area contributed by atoms with Crippen LogP contribution < -0.4 is 5.32 Å². The SMILES string of the molecule is CCC[C@@H]1C[C@H](O)CC2(O1)C(=O)Nc1ccccc12. The highest BCUT2D eigenvalue weighted by Gasteiger charge is 2.52. The normalized spacial score (nSPS) is 33.3. The van der Waals surface area contributed by atoms with E-state index in [2.05, 4.69) is 12.2 Å². The third kappa shape index (κ3) is 1.95. The van der Waals surface area contributed by atoms with E-state index in [4.69, 9.17) is 4.74 Å². The van der Waals surface area contributed by atoms with Crippen LogP contribution in [0.3, 0.4) is 0 Å². The number of hydrogen-bond acceptors (Lipinski definition) is 3. The van der Waals surface area contributed by atoms with E-state index < -0.39 is 11.7 Å². The standard InChI is InChI=1S/C15H19NO3/c1-2-5-11-8-10(17)9-15(19-11)12-6-3-4-7-13(12)16-14(15)18/h3-4,6-7,10-11,17H,2,5,8-9H2,1H3,(H,16,18)/t10-,11+,15?/m0/s1. The van der Waals surface area contributed by atoms with Crippen molar-refractivity contribution in [3.05, 3.63) is 29.8 Å². The molecular weight excluding hydrogens is 242 g/mol. The second-order valence-electron chi connectivity index (χ2n) is 5.45. The Balaban J connectivity index is 1.99. The lowest BCUT2D eigenvalue weighted by atomic mass is 9.84. The van der Waals surface area contributed by atoms with Gasteiger partial charge in [0, 0.05) is 17.7 Å². The summed E-state index contributed by atoms with van der Waals surface area (Å²) < 4.78 is 6.11. The van der Waals surface area contributed by atoms with E-state index in [1.165, 1.54) is 0 Å². The predicted octanol–water partition coefficient (Wildman–Crippen LogP) is 2.17. The Morgan fingerprint density at radius 2 is 2.26 bits per heavy atom. The Bertz CT molecular complexity index is 502. The lowest BCUT2D eigenvalue weighted by Gasteiger charge is -2.39. The zero-order chi connectivity index (χ0) is 13.5. The van der Waals surface area contributed by atoms with Crippen molar-refractivity contribution in [2.45, 2.75) is 50.4 Å². The summed E-state index contributed by atoms with van der Waals surface area (Å²) in [6, 6.07) is 7.58. The van der Waals surface area contributed by atoms with Gasteiger partial charge in [0.2, 0.25) is 0 Å². The molecule has 1 saturated heterocycles. The minimum absolute atomic E-state index is 0.0503. The monoisotopic (exact) mass is 261 g/mol. The van der Waals surface area contributed by atoms with Gasteiger partial charge in [0.25, 0.3) is 5.91 Å². The average molecular weight is 261 g/mol. The van der Waals surface area contributed by atoms with E-state index in [-0.39, 0.29) is 12.0 Å². The van der Waals surface area contributed by atoms with Crippen molar-refractivity contribution in [3.8, 4) is 0 Å². The van der Waals surface area contributed by atoms with Crippen LogP contribution in [0.4, 0.5) is 5.69 Å². The van der Waals surface area contributed by atoms with E-state index >= 15 is 0 Å². The van der Waals surface area contributed by atoms with Crippen LogP contribution in [0.5, 0.6) is 0 Å². The van der Waals surface area contributed by atoms with Crippen LogP contribution in [0.15, 0.2) is 24.3 Å². The van der Waals surface area contributed by atoms with Gasteiger partial charge in [-0.1, -0.05) is 31.5 Å². The third-order valence-corrected chi connectivity index (χ3v) is 4.01. The van der Waals surface area contributed by atoms with Gasteiger partial charge < -0.3 is 15.2 Å². The van der Waals surface area contributed by atoms with Crippen LogP contribution >= 0.6 is 0 Å². The molecule has 1 aromatic rings. The molecule has 0 radical (unpaired) electrons. The highest BCUT2D eigenvalue weighted by Crippen LogP contribution is 2.46. The van der Waals surface area contributed by atoms with Crippen molar-refractivity contribution in [1.29, 1.82) is 0 Å². The lowest BCUT2D eigenvalue weighted by molar-refractivity contribution is -0.178. The third-order valence-electron chi connectivity index (χ3n) is 4.01. The van der Waals surface area contributed by atoms with Crippen molar-refractivity contribution in [2.24, 2.45) is 0 Å². The summed E-state index contributed by atoms with van der Waals surface area (Å²) in [5.74, 6) is -0.145. The fourth-order valence-corrected chi connectivity index (χ4v) is 3.21. The minimum atomic E-state index is -0.992. The quantitative estimate of drug-likeness (QED) is 0.857. The van der Waals surface area contributed by atoms with Crippen LogP contribution in [-0.2, 0) is 15.1 Å². The molecule has 3 atom stereocenters. The largest absolute Gasteiger partial charge is 0.393 e. The zero-order valence-electron chi connectivity index (χ0n) is 11.1. The first kappa shape index (κ1) is 12.6. The van der Waals surface area contributed by atoms with Gasteiger partial charge in [0.1, 0.15) is 0 Å². The second kappa shape index (κ2) is 4.62. The van der Waals surface area contributed by atoms with Crippen molar-refractivity contribution < 1.29 is 14.6 Å². The second-order valence-corrected chi connectivity index (χ2v) is 5.45. The summed E-state index contributed by atoms with van der Waals surface area (Å²) in [4.78, 5) is 12.4. The number of aliphatic hydroxyl groups is 1. The predicted molar refractivity (Wildman–Crippen MR) is 71.8 cm³/mol. The fraction of sp³-hybridized carbons (Fsp3) is 0.533. The van der Waals surface area contributed by atoms with Crippen molar-refractivity contribution in [2.75, 3.05) is 5.32 Å². The Morgan fingerprint density at radius 3 is 3.05 bits per heavy atom. The molecule has 1 amide bonds. The topological polar surface area (TPSA) is 58.6 Å². The van der Waals surface area contributed by atoms with Crippen molar-refractivity contribution >= 4 is 11.6 Å². The molecule has 0 aromatic heterocycles. The van der Waals surface area contributed by atoms with E-state index in [0.29, 0.717) is 12.8 Å². The summed E-state index contributed by atoms with van der Waals surface area (Å²) in [5.41, 5.74) is 0.672. The molecule has 1 spiro atoms. The minimum Gasteiger partial charge on any atom is -0.393 e. The molecule has 1 aromatic carbocycles. The number of para-hydroxylation sites is 1. The van der Waals surface area contributed by atoms with Gasteiger partial charge >= 0.3 is 0 Å². The Kier molecular flexibility index (Phi) is 3.07. The summed E-state index contributed by atoms with van der Waals surface area (Å²) in [6.45, 7) is 2.08. The Morgan fingerprint density at radius 1 is 1.47 bits per heavy atom. The number of benzene rings is 1. The smallest absolute Gasteiger partial charge is 0.261 e. The molecule has 4 nitrogen and oxygen atoms in total. The highest BCUT2D eigenvalue weighted by atomic mass is 16.5. The molecule has 0 saturated carbocycles. The number of carbonyl (C=O) groups excluding carboxylic acids is 1. The summed E-state index contributed by atoms with van der Waals surface area (Å²) in [5, 5.41) is 13.0. The number of hydrogen-bond donors (Lipinski definition) is 2. The first-order chi connectivity index (χ1) is 9.15. The van der Waals surface area contributed by atoms with E-state index in [1.807, 2.05) is 24.3 Å². The average Bonchev–Trinajstić information content (AvgIpc) is 2.62. The van der Waals surface area contributed by atoms with Gasteiger partial charge in [-0.3, -0.25) is 4.79 Å². The number of ether oxygens (including phenoxy) is 1. The number of rotatable bonds is 2. The molecule has 3 rings (SSSR count). The van der Waals surface area contributed by atoms with Crippen LogP contribution in [0.2, 0.25) is 0 Å². The zero-order valence-corrected chi connectivity index (χ0v) is 11.1. The van der Waals surface area contributed by atoms with E-state index in [1.54, 1.807) is 0 Å². The lowest BCUT2D eigenvalue weighted by Crippen LogP contribution is -2.48. The summed E-state index contributed by atoms with van der Waals surface area (Å²) in [6.07, 6.45) is 2.28. The molecule has 0 aliphatic carbocycles. The maximum absolute atomic E-state index is 12.4. The van der Waals surface area contributed by atoms with Gasteiger partial charge in [-0.05, 0) is 18.9 Å². The number of anilines is 1. The van der Waals surface area contributed by atoms with E-state index in [0.717, 1.165) is 24.1 Å². The molecule has 2 aliphatic heterocycles. The fourth-order valence-electron chi connectivity index (χ4n) is 3.21. The number of fused-ring (bicyclic) bond motifs is 2. The molecule has 1 fully saturated rings. The molecular formula is C15H19NO3. The molecule has 2 heterocycles. The molecule has 2 N–H and O–H groups in total. The summed E-state index contributed by atoms with van der Waals surface area (Å²) >= 11 is 0. The number of amides is 1. The number of aliphatic hydroxyl groups excluding tert-OH is 1. The maximum Gasteiger partial charge on any atom is 0.261 e. The van der Waals surface area contributed by atoms with Crippen LogP contribution in [0.25, 0.3) is 0 Å². The molecule has 102 valence electrons. The molecule has 2 aliphatic rings. The Labute approximate surface area is 112 Å². The molecule has 1 unspecified atom stereocenters. The maximum atomic E-state index is 12.4. The first-order valence-electron chi connectivity index (χ1n) is 6.92. The van der Waals surface area contributed by atoms with Crippen LogP contribution in [0.1, 0.15) is 38.2 Å². The van der Waals surface area contributed by atoms with Gasteiger partial charge in [-0.15, -0.1) is 0 Å².